The van der Waals surface area contributed by atoms with E-state index in [0.717, 1.165) is 19.4 Å². The first kappa shape index (κ1) is 13.1. The molecule has 0 spiro atoms. The average molecular weight is 269 g/mol. The number of carboxylic acid groups (broad SMARTS) is 1. The van der Waals surface area contributed by atoms with Crippen molar-refractivity contribution < 1.29 is 9.90 Å². The highest BCUT2D eigenvalue weighted by Crippen LogP contribution is 2.29. The minimum absolute atomic E-state index is 0.194. The van der Waals surface area contributed by atoms with Crippen LogP contribution in [0, 0.1) is 5.92 Å². The number of pyridine rings is 1. The van der Waals surface area contributed by atoms with Crippen molar-refractivity contribution in [3.8, 4) is 0 Å². The van der Waals surface area contributed by atoms with Crippen LogP contribution in [0.3, 0.4) is 0 Å². The lowest BCUT2D eigenvalue weighted by molar-refractivity contribution is 0.0697. The number of halogens is 1. The average Bonchev–Trinajstić information content (AvgIpc) is 2.76. The fraction of sp³-hybridized carbons (Fsp3) is 0.538. The molecule has 1 aromatic rings. The van der Waals surface area contributed by atoms with Crippen molar-refractivity contribution in [2.24, 2.45) is 5.92 Å². The summed E-state index contributed by atoms with van der Waals surface area (Å²) in [6.45, 7) is 5.26. The monoisotopic (exact) mass is 268 g/mol. The molecule has 0 radical (unpaired) electrons. The van der Waals surface area contributed by atoms with Crippen LogP contribution < -0.4 is 4.90 Å². The maximum Gasteiger partial charge on any atom is 0.335 e. The fourth-order valence-electron chi connectivity index (χ4n) is 2.52. The Morgan fingerprint density at radius 2 is 2.28 bits per heavy atom. The number of carboxylic acids is 1. The van der Waals surface area contributed by atoms with Gasteiger partial charge in [0.25, 0.3) is 0 Å². The summed E-state index contributed by atoms with van der Waals surface area (Å²) < 4.78 is 0. The Kier molecular flexibility index (Phi) is 3.76. The second kappa shape index (κ2) is 5.14. The second-order valence-corrected chi connectivity index (χ2v) is 5.38. The molecule has 0 aromatic carbocycles. The van der Waals surface area contributed by atoms with Crippen molar-refractivity contribution in [3.05, 3.63) is 22.8 Å². The summed E-state index contributed by atoms with van der Waals surface area (Å²) in [4.78, 5) is 17.5. The molecule has 1 unspecified atom stereocenters. The molecule has 98 valence electrons. The van der Waals surface area contributed by atoms with E-state index in [0.29, 0.717) is 17.8 Å². The van der Waals surface area contributed by atoms with Gasteiger partial charge in [-0.05, 0) is 30.9 Å². The molecular weight excluding hydrogens is 252 g/mol. The zero-order chi connectivity index (χ0) is 13.3. The Labute approximate surface area is 112 Å². The topological polar surface area (TPSA) is 53.4 Å². The van der Waals surface area contributed by atoms with Crippen molar-refractivity contribution in [2.75, 3.05) is 11.4 Å². The maximum absolute atomic E-state index is 11.0. The van der Waals surface area contributed by atoms with Gasteiger partial charge in [-0.25, -0.2) is 9.78 Å². The zero-order valence-corrected chi connectivity index (χ0v) is 11.3. The Bertz CT molecular complexity index is 462. The number of anilines is 1. The van der Waals surface area contributed by atoms with Crippen molar-refractivity contribution in [1.82, 2.24) is 4.98 Å². The van der Waals surface area contributed by atoms with E-state index in [1.165, 1.54) is 6.07 Å². The number of hydrogen-bond acceptors (Lipinski definition) is 3. The van der Waals surface area contributed by atoms with Crippen molar-refractivity contribution in [1.29, 1.82) is 0 Å². The largest absolute Gasteiger partial charge is 0.478 e. The molecule has 1 fully saturated rings. The van der Waals surface area contributed by atoms with Crippen LogP contribution in [0.4, 0.5) is 5.82 Å². The van der Waals surface area contributed by atoms with Crippen molar-refractivity contribution in [3.63, 3.8) is 0 Å². The van der Waals surface area contributed by atoms with Gasteiger partial charge < -0.3 is 10.0 Å². The lowest BCUT2D eigenvalue weighted by Gasteiger charge is -2.28. The molecule has 2 heterocycles. The predicted octanol–water partition coefficient (Wildman–Crippen LogP) is 3.06. The first-order valence-electron chi connectivity index (χ1n) is 6.16. The van der Waals surface area contributed by atoms with Crippen LogP contribution in [-0.2, 0) is 0 Å². The summed E-state index contributed by atoms with van der Waals surface area (Å²) in [5, 5.41) is 9.28. The van der Waals surface area contributed by atoms with Crippen LogP contribution in [0.25, 0.3) is 0 Å². The van der Waals surface area contributed by atoms with E-state index in [-0.39, 0.29) is 10.7 Å². The molecule has 0 bridgehead atoms. The predicted molar refractivity (Wildman–Crippen MR) is 71.4 cm³/mol. The number of aromatic nitrogens is 1. The van der Waals surface area contributed by atoms with Crippen molar-refractivity contribution in [2.45, 2.75) is 32.7 Å². The third-order valence-corrected chi connectivity index (χ3v) is 3.58. The van der Waals surface area contributed by atoms with Crippen molar-refractivity contribution >= 4 is 23.4 Å². The van der Waals surface area contributed by atoms with E-state index in [2.05, 4.69) is 23.7 Å². The van der Waals surface area contributed by atoms with Crippen LogP contribution in [0.5, 0.6) is 0 Å². The second-order valence-electron chi connectivity index (χ2n) is 4.99. The summed E-state index contributed by atoms with van der Waals surface area (Å²) in [6, 6.07) is 3.40. The molecule has 1 aliphatic rings. The van der Waals surface area contributed by atoms with Gasteiger partial charge in [-0.15, -0.1) is 0 Å². The van der Waals surface area contributed by atoms with Gasteiger partial charge >= 0.3 is 5.97 Å². The van der Waals surface area contributed by atoms with Crippen LogP contribution >= 0.6 is 11.6 Å². The lowest BCUT2D eigenvalue weighted by Crippen LogP contribution is -2.34. The molecule has 1 N–H and O–H groups in total. The molecular formula is C13H17ClN2O2. The molecule has 0 aliphatic carbocycles. The van der Waals surface area contributed by atoms with E-state index in [1.54, 1.807) is 6.07 Å². The summed E-state index contributed by atoms with van der Waals surface area (Å²) in [7, 11) is 0. The molecule has 1 aromatic heterocycles. The summed E-state index contributed by atoms with van der Waals surface area (Å²) in [5.41, 5.74) is 0.194. The van der Waals surface area contributed by atoms with E-state index in [4.69, 9.17) is 16.7 Å². The standard InChI is InChI=1S/C13H17ClN2O2/c1-8(2)10-4-3-5-16(10)12-7-9(13(17)18)6-11(14)15-12/h6-8,10H,3-5H2,1-2H3,(H,17,18). The first-order chi connectivity index (χ1) is 8.49. The van der Waals surface area contributed by atoms with Gasteiger partial charge in [0.1, 0.15) is 11.0 Å². The number of carbonyl (C=O) groups is 1. The highest BCUT2D eigenvalue weighted by molar-refractivity contribution is 6.29. The van der Waals surface area contributed by atoms with Gasteiger partial charge in [0, 0.05) is 12.6 Å². The number of hydrogen-bond donors (Lipinski definition) is 1. The minimum Gasteiger partial charge on any atom is -0.478 e. The smallest absolute Gasteiger partial charge is 0.335 e. The highest BCUT2D eigenvalue weighted by atomic mass is 35.5. The minimum atomic E-state index is -0.971. The van der Waals surface area contributed by atoms with E-state index >= 15 is 0 Å². The van der Waals surface area contributed by atoms with Crippen LogP contribution in [0.2, 0.25) is 5.15 Å². The van der Waals surface area contributed by atoms with Gasteiger partial charge in [0.05, 0.1) is 5.56 Å². The molecule has 1 saturated heterocycles. The molecule has 0 saturated carbocycles. The van der Waals surface area contributed by atoms with Crippen LogP contribution in [0.1, 0.15) is 37.0 Å². The number of rotatable bonds is 3. The normalized spacial score (nSPS) is 19.6. The Morgan fingerprint density at radius 3 is 2.89 bits per heavy atom. The van der Waals surface area contributed by atoms with E-state index in [1.807, 2.05) is 0 Å². The third kappa shape index (κ3) is 2.58. The molecule has 1 atom stereocenters. The van der Waals surface area contributed by atoms with Gasteiger partial charge in [0.15, 0.2) is 0 Å². The number of nitrogens with zero attached hydrogens (tertiary/aromatic N) is 2. The molecule has 5 heteroatoms. The van der Waals surface area contributed by atoms with Gasteiger partial charge in [0.2, 0.25) is 0 Å². The summed E-state index contributed by atoms with van der Waals surface area (Å²) in [6.07, 6.45) is 2.23. The van der Waals surface area contributed by atoms with Gasteiger partial charge in [-0.3, -0.25) is 0 Å². The maximum atomic E-state index is 11.0. The molecule has 2 rings (SSSR count). The third-order valence-electron chi connectivity index (χ3n) is 3.39. The van der Waals surface area contributed by atoms with Gasteiger partial charge in [-0.2, -0.15) is 0 Å². The summed E-state index contributed by atoms with van der Waals surface area (Å²) in [5.74, 6) is 0.221. The Morgan fingerprint density at radius 1 is 1.56 bits per heavy atom. The Balaban J connectivity index is 2.35. The molecule has 4 nitrogen and oxygen atoms in total. The van der Waals surface area contributed by atoms with Crippen LogP contribution in [0.15, 0.2) is 12.1 Å². The lowest BCUT2D eigenvalue weighted by atomic mass is 10.0. The molecule has 0 amide bonds. The first-order valence-corrected chi connectivity index (χ1v) is 6.54. The highest BCUT2D eigenvalue weighted by Gasteiger charge is 2.28. The van der Waals surface area contributed by atoms with Gasteiger partial charge in [-0.1, -0.05) is 25.4 Å². The van der Waals surface area contributed by atoms with E-state index < -0.39 is 5.97 Å². The molecule has 1 aliphatic heterocycles. The van der Waals surface area contributed by atoms with E-state index in [9.17, 15) is 4.79 Å². The summed E-state index contributed by atoms with van der Waals surface area (Å²) >= 11 is 5.90. The molecule has 18 heavy (non-hydrogen) atoms. The SMILES string of the molecule is CC(C)C1CCCN1c1cc(C(=O)O)cc(Cl)n1. The Hall–Kier alpha value is -1.29. The fourth-order valence-corrected chi connectivity index (χ4v) is 2.73. The number of aromatic carboxylic acids is 1. The quantitative estimate of drug-likeness (QED) is 0.856. The zero-order valence-electron chi connectivity index (χ0n) is 10.6. The van der Waals surface area contributed by atoms with Crippen LogP contribution in [-0.4, -0.2) is 28.6 Å².